The van der Waals surface area contributed by atoms with Crippen LogP contribution < -0.4 is 5.32 Å². The Morgan fingerprint density at radius 1 is 1.11 bits per heavy atom. The highest BCUT2D eigenvalue weighted by Gasteiger charge is 2.43. The second kappa shape index (κ2) is 7.16. The maximum absolute atomic E-state index is 12.3. The molecule has 4 rings (SSSR count). The van der Waals surface area contributed by atoms with E-state index in [9.17, 15) is 9.59 Å². The topological polar surface area (TPSA) is 93.3 Å². The normalized spacial score (nSPS) is 15.9. The van der Waals surface area contributed by atoms with Crippen LogP contribution in [0.5, 0.6) is 0 Å². The molecule has 0 unspecified atom stereocenters. The molecule has 1 aliphatic rings. The monoisotopic (exact) mass is 397 g/mol. The van der Waals surface area contributed by atoms with Gasteiger partial charge in [-0.1, -0.05) is 30.0 Å². The number of carbonyl (C=O) groups excluding carboxylic acids is 2. The van der Waals surface area contributed by atoms with Crippen LogP contribution >= 0.6 is 11.8 Å². The van der Waals surface area contributed by atoms with Crippen LogP contribution in [0.2, 0.25) is 0 Å². The quantitative estimate of drug-likeness (QED) is 0.508. The van der Waals surface area contributed by atoms with E-state index in [2.05, 4.69) is 15.5 Å². The average molecular weight is 397 g/mol. The third-order valence-electron chi connectivity index (χ3n) is 4.38. The third-order valence-corrected chi connectivity index (χ3v) is 5.29. The fraction of sp³-hybridized carbons (Fsp3) is 0.263. The summed E-state index contributed by atoms with van der Waals surface area (Å²) in [6.45, 7) is 3.68. The molecule has 28 heavy (non-hydrogen) atoms. The minimum absolute atomic E-state index is 0.223. The molecule has 1 aromatic carbocycles. The van der Waals surface area contributed by atoms with Crippen LogP contribution in [0.25, 0.3) is 17.3 Å². The number of hydrogen-bond donors (Lipinski definition) is 1. The number of amides is 3. The summed E-state index contributed by atoms with van der Waals surface area (Å²) in [6, 6.07) is 13.0. The highest BCUT2D eigenvalue weighted by molar-refractivity contribution is 7.99. The van der Waals surface area contributed by atoms with Crippen molar-refractivity contribution >= 4 is 23.7 Å². The lowest BCUT2D eigenvalue weighted by Crippen LogP contribution is -2.40. The molecule has 3 amide bonds. The number of nitrogens with zero attached hydrogens (tertiary/aromatic N) is 4. The van der Waals surface area contributed by atoms with Gasteiger partial charge in [0.15, 0.2) is 10.9 Å². The number of rotatable bonds is 6. The number of hydrogen-bond acceptors (Lipinski definition) is 6. The van der Waals surface area contributed by atoms with Crippen molar-refractivity contribution in [3.05, 3.63) is 48.7 Å². The number of urea groups is 1. The Labute approximate surface area is 165 Å². The van der Waals surface area contributed by atoms with Crippen molar-refractivity contribution in [2.75, 3.05) is 12.3 Å². The lowest BCUT2D eigenvalue weighted by atomic mass is 10.1. The maximum atomic E-state index is 12.3. The molecule has 3 heterocycles. The lowest BCUT2D eigenvalue weighted by Gasteiger charge is -2.15. The zero-order chi connectivity index (χ0) is 19.7. The van der Waals surface area contributed by atoms with Crippen LogP contribution in [0, 0.1) is 0 Å². The Hall–Kier alpha value is -3.07. The molecule has 0 bridgehead atoms. The molecule has 0 saturated carbocycles. The first-order valence-electron chi connectivity index (χ1n) is 8.79. The summed E-state index contributed by atoms with van der Waals surface area (Å²) in [5, 5.41) is 11.9. The van der Waals surface area contributed by atoms with Gasteiger partial charge in [-0.25, -0.2) is 4.79 Å². The molecule has 1 aliphatic heterocycles. The van der Waals surface area contributed by atoms with Gasteiger partial charge >= 0.3 is 6.03 Å². The smallest absolute Gasteiger partial charge is 0.325 e. The molecular weight excluding hydrogens is 378 g/mol. The summed E-state index contributed by atoms with van der Waals surface area (Å²) >= 11 is 1.42. The number of furan rings is 1. The zero-order valence-electron chi connectivity index (χ0n) is 15.5. The molecule has 3 aromatic rings. The maximum Gasteiger partial charge on any atom is 0.325 e. The van der Waals surface area contributed by atoms with Crippen LogP contribution in [0.3, 0.4) is 0 Å². The fourth-order valence-corrected chi connectivity index (χ4v) is 3.86. The molecular formula is C19H19N5O3S. The molecule has 1 N–H and O–H groups in total. The van der Waals surface area contributed by atoms with E-state index in [1.165, 1.54) is 16.7 Å². The number of para-hydroxylation sites is 1. The number of thioether (sulfide) groups is 1. The number of imide groups is 1. The first-order valence-corrected chi connectivity index (χ1v) is 9.77. The molecule has 1 fully saturated rings. The number of benzene rings is 1. The highest BCUT2D eigenvalue weighted by Crippen LogP contribution is 2.28. The van der Waals surface area contributed by atoms with Gasteiger partial charge in [-0.2, -0.15) is 0 Å². The van der Waals surface area contributed by atoms with Gasteiger partial charge in [0.25, 0.3) is 5.91 Å². The van der Waals surface area contributed by atoms with Gasteiger partial charge in [0.2, 0.25) is 5.82 Å². The van der Waals surface area contributed by atoms with E-state index < -0.39 is 5.54 Å². The van der Waals surface area contributed by atoms with Crippen molar-refractivity contribution in [2.24, 2.45) is 0 Å². The first kappa shape index (κ1) is 18.3. The van der Waals surface area contributed by atoms with Gasteiger partial charge < -0.3 is 9.73 Å². The van der Waals surface area contributed by atoms with Crippen molar-refractivity contribution in [2.45, 2.75) is 24.5 Å². The summed E-state index contributed by atoms with van der Waals surface area (Å²) < 4.78 is 7.40. The van der Waals surface area contributed by atoms with Crippen molar-refractivity contribution in [1.29, 1.82) is 0 Å². The predicted molar refractivity (Wildman–Crippen MR) is 104 cm³/mol. The fourth-order valence-electron chi connectivity index (χ4n) is 2.99. The molecule has 0 aliphatic carbocycles. The van der Waals surface area contributed by atoms with Crippen LogP contribution in [0.4, 0.5) is 4.79 Å². The molecule has 8 nitrogen and oxygen atoms in total. The summed E-state index contributed by atoms with van der Waals surface area (Å²) in [6.07, 6.45) is 1.59. The molecule has 0 radical (unpaired) electrons. The molecule has 1 saturated heterocycles. The van der Waals surface area contributed by atoms with E-state index in [0.717, 1.165) is 5.69 Å². The first-order chi connectivity index (χ1) is 13.5. The van der Waals surface area contributed by atoms with Crippen molar-refractivity contribution in [3.8, 4) is 17.3 Å². The molecule has 2 aromatic heterocycles. The SMILES string of the molecule is CC1(C)NC(=O)N(CCSc2nnc(-c3ccco3)n2-c2ccccc2)C1=O. The minimum Gasteiger partial charge on any atom is -0.461 e. The molecule has 9 heteroatoms. The van der Waals surface area contributed by atoms with E-state index >= 15 is 0 Å². The summed E-state index contributed by atoms with van der Waals surface area (Å²) in [5.41, 5.74) is 0.0377. The Morgan fingerprint density at radius 3 is 2.54 bits per heavy atom. The average Bonchev–Trinajstić information content (AvgIpc) is 3.37. The summed E-state index contributed by atoms with van der Waals surface area (Å²) in [7, 11) is 0. The van der Waals surface area contributed by atoms with Crippen LogP contribution in [0.1, 0.15) is 13.8 Å². The van der Waals surface area contributed by atoms with Crippen LogP contribution in [-0.4, -0.2) is 49.4 Å². The van der Waals surface area contributed by atoms with E-state index in [0.29, 0.717) is 22.5 Å². The van der Waals surface area contributed by atoms with Gasteiger partial charge in [0, 0.05) is 18.0 Å². The van der Waals surface area contributed by atoms with Gasteiger partial charge in [0.1, 0.15) is 5.54 Å². The third kappa shape index (κ3) is 3.29. The molecule has 0 spiro atoms. The van der Waals surface area contributed by atoms with Crippen LogP contribution in [0.15, 0.2) is 58.3 Å². The van der Waals surface area contributed by atoms with Gasteiger partial charge in [0.05, 0.1) is 6.26 Å². The molecule has 144 valence electrons. The van der Waals surface area contributed by atoms with Crippen molar-refractivity contribution in [1.82, 2.24) is 25.0 Å². The standard InChI is InChI=1S/C19H19N5O3S/c1-19(2)16(25)23(17(26)20-19)10-12-28-18-22-21-15(14-9-6-11-27-14)24(18)13-7-4-3-5-8-13/h3-9,11H,10,12H2,1-2H3,(H,20,26). The number of aromatic nitrogens is 3. The highest BCUT2D eigenvalue weighted by atomic mass is 32.2. The lowest BCUT2D eigenvalue weighted by molar-refractivity contribution is -0.130. The second-order valence-electron chi connectivity index (χ2n) is 6.81. The Bertz CT molecular complexity index is 998. The number of carbonyl (C=O) groups is 2. The minimum atomic E-state index is -0.863. The van der Waals surface area contributed by atoms with Crippen molar-refractivity contribution < 1.29 is 14.0 Å². The molecule has 0 atom stereocenters. The summed E-state index contributed by atoms with van der Waals surface area (Å²) in [5.74, 6) is 1.48. The second-order valence-corrected chi connectivity index (χ2v) is 7.88. The Balaban J connectivity index is 1.56. The van der Waals surface area contributed by atoms with E-state index in [1.807, 2.05) is 41.0 Å². The predicted octanol–water partition coefficient (Wildman–Crippen LogP) is 2.95. The Morgan fingerprint density at radius 2 is 1.89 bits per heavy atom. The number of nitrogens with one attached hydrogen (secondary N) is 1. The summed E-state index contributed by atoms with van der Waals surface area (Å²) in [4.78, 5) is 25.6. The largest absolute Gasteiger partial charge is 0.461 e. The van der Waals surface area contributed by atoms with E-state index in [4.69, 9.17) is 4.42 Å². The van der Waals surface area contributed by atoms with Crippen LogP contribution in [-0.2, 0) is 4.79 Å². The zero-order valence-corrected chi connectivity index (χ0v) is 16.3. The van der Waals surface area contributed by atoms with E-state index in [1.54, 1.807) is 26.2 Å². The van der Waals surface area contributed by atoms with E-state index in [-0.39, 0.29) is 18.5 Å². The van der Waals surface area contributed by atoms with Gasteiger partial charge in [-0.05, 0) is 38.1 Å². The Kier molecular flexibility index (Phi) is 4.68. The van der Waals surface area contributed by atoms with Gasteiger partial charge in [-0.15, -0.1) is 10.2 Å². The van der Waals surface area contributed by atoms with Crippen molar-refractivity contribution in [3.63, 3.8) is 0 Å². The van der Waals surface area contributed by atoms with Gasteiger partial charge in [-0.3, -0.25) is 14.3 Å².